The average molecular weight is 297 g/mol. The van der Waals surface area contributed by atoms with Crippen LogP contribution >= 0.6 is 15.9 Å². The van der Waals surface area contributed by atoms with Crippen LogP contribution in [0.25, 0.3) is 0 Å². The molecular formula is C8H10BrFN2O2S. The molecule has 1 aromatic carbocycles. The fourth-order valence-corrected chi connectivity index (χ4v) is 2.21. The van der Waals surface area contributed by atoms with Gasteiger partial charge in [-0.3, -0.25) is 4.72 Å². The third-order valence-corrected chi connectivity index (χ3v) is 3.38. The van der Waals surface area contributed by atoms with Gasteiger partial charge in [0.15, 0.2) is 0 Å². The first-order chi connectivity index (χ1) is 6.94. The molecule has 0 aliphatic carbocycles. The molecule has 0 radical (unpaired) electrons. The van der Waals surface area contributed by atoms with Crippen LogP contribution in [0.3, 0.4) is 0 Å². The molecule has 0 aliphatic heterocycles. The van der Waals surface area contributed by atoms with Gasteiger partial charge >= 0.3 is 0 Å². The molecule has 1 aromatic rings. The molecule has 0 aromatic heterocycles. The van der Waals surface area contributed by atoms with Gasteiger partial charge in [0, 0.05) is 11.0 Å². The van der Waals surface area contributed by atoms with Crippen LogP contribution in [0.2, 0.25) is 0 Å². The quantitative estimate of drug-likeness (QED) is 0.879. The highest BCUT2D eigenvalue weighted by Gasteiger charge is 2.12. The lowest BCUT2D eigenvalue weighted by Gasteiger charge is -2.07. The van der Waals surface area contributed by atoms with Crippen molar-refractivity contribution in [2.45, 2.75) is 0 Å². The van der Waals surface area contributed by atoms with Crippen molar-refractivity contribution in [1.82, 2.24) is 0 Å². The molecule has 1 rings (SSSR count). The molecule has 84 valence electrons. The smallest absolute Gasteiger partial charge is 0.234 e. The highest BCUT2D eigenvalue weighted by Crippen LogP contribution is 2.20. The number of benzene rings is 1. The first kappa shape index (κ1) is 12.4. The summed E-state index contributed by atoms with van der Waals surface area (Å²) in [5, 5.41) is 0. The summed E-state index contributed by atoms with van der Waals surface area (Å²) in [4.78, 5) is 0. The van der Waals surface area contributed by atoms with Crippen molar-refractivity contribution in [3.05, 3.63) is 28.5 Å². The molecule has 0 heterocycles. The predicted molar refractivity (Wildman–Crippen MR) is 60.6 cm³/mol. The molecule has 0 unspecified atom stereocenters. The van der Waals surface area contributed by atoms with Crippen LogP contribution in [0.1, 0.15) is 0 Å². The van der Waals surface area contributed by atoms with Crippen LogP contribution in [-0.2, 0) is 10.0 Å². The number of anilines is 1. The summed E-state index contributed by atoms with van der Waals surface area (Å²) >= 11 is 3.12. The monoisotopic (exact) mass is 296 g/mol. The minimum absolute atomic E-state index is 0.00897. The van der Waals surface area contributed by atoms with E-state index in [1.54, 1.807) is 0 Å². The zero-order valence-corrected chi connectivity index (χ0v) is 10.1. The topological polar surface area (TPSA) is 72.2 Å². The molecule has 0 amide bonds. The Hall–Kier alpha value is -0.660. The Kier molecular flexibility index (Phi) is 4.06. The highest BCUT2D eigenvalue weighted by atomic mass is 79.9. The Bertz CT molecular complexity index is 450. The molecule has 0 saturated heterocycles. The second-order valence-corrected chi connectivity index (χ2v) is 5.59. The summed E-state index contributed by atoms with van der Waals surface area (Å²) in [5.74, 6) is -0.863. The van der Waals surface area contributed by atoms with E-state index in [1.165, 1.54) is 18.2 Å². The number of hydrogen-bond acceptors (Lipinski definition) is 3. The van der Waals surface area contributed by atoms with Crippen molar-refractivity contribution < 1.29 is 12.8 Å². The van der Waals surface area contributed by atoms with Crippen LogP contribution in [0.4, 0.5) is 10.1 Å². The van der Waals surface area contributed by atoms with Gasteiger partial charge in [0.25, 0.3) is 0 Å². The van der Waals surface area contributed by atoms with Gasteiger partial charge in [-0.1, -0.05) is 15.9 Å². The number of hydrogen-bond donors (Lipinski definition) is 2. The van der Waals surface area contributed by atoms with Gasteiger partial charge in [0.2, 0.25) is 10.0 Å². The highest BCUT2D eigenvalue weighted by molar-refractivity contribution is 9.10. The molecular weight excluding hydrogens is 287 g/mol. The Morgan fingerprint density at radius 3 is 2.73 bits per heavy atom. The number of nitrogens with one attached hydrogen (secondary N) is 1. The lowest BCUT2D eigenvalue weighted by Crippen LogP contribution is -2.22. The molecule has 7 heteroatoms. The van der Waals surface area contributed by atoms with E-state index in [-0.39, 0.29) is 18.0 Å². The second kappa shape index (κ2) is 4.91. The molecule has 0 atom stereocenters. The molecule has 0 spiro atoms. The van der Waals surface area contributed by atoms with E-state index in [9.17, 15) is 12.8 Å². The molecule has 15 heavy (non-hydrogen) atoms. The maximum Gasteiger partial charge on any atom is 0.234 e. The normalized spacial score (nSPS) is 11.4. The molecule has 0 saturated carbocycles. The van der Waals surface area contributed by atoms with Crippen LogP contribution in [0, 0.1) is 5.82 Å². The van der Waals surface area contributed by atoms with Crippen molar-refractivity contribution in [3.63, 3.8) is 0 Å². The van der Waals surface area contributed by atoms with Crippen molar-refractivity contribution in [1.29, 1.82) is 0 Å². The van der Waals surface area contributed by atoms with Gasteiger partial charge in [0.1, 0.15) is 5.82 Å². The SMILES string of the molecule is NCCS(=O)(=O)Nc1cc(Br)ccc1F. The summed E-state index contributed by atoms with van der Waals surface area (Å²) < 4.78 is 38.4. The van der Waals surface area contributed by atoms with E-state index >= 15 is 0 Å². The predicted octanol–water partition coefficient (Wildman–Crippen LogP) is 1.29. The first-order valence-electron chi connectivity index (χ1n) is 4.10. The van der Waals surface area contributed by atoms with Gasteiger partial charge in [-0.05, 0) is 18.2 Å². The molecule has 0 fully saturated rings. The van der Waals surface area contributed by atoms with Crippen molar-refractivity contribution in [2.75, 3.05) is 17.0 Å². The first-order valence-corrected chi connectivity index (χ1v) is 6.55. The number of halogens is 2. The lowest BCUT2D eigenvalue weighted by molar-refractivity contribution is 0.598. The van der Waals surface area contributed by atoms with Gasteiger partial charge < -0.3 is 5.73 Å². The van der Waals surface area contributed by atoms with Crippen molar-refractivity contribution in [2.24, 2.45) is 5.73 Å². The Labute approximate surface area is 95.8 Å². The molecule has 4 nitrogen and oxygen atoms in total. The minimum atomic E-state index is -3.56. The van der Waals surface area contributed by atoms with E-state index in [4.69, 9.17) is 5.73 Å². The van der Waals surface area contributed by atoms with E-state index in [0.29, 0.717) is 4.47 Å². The maximum atomic E-state index is 13.2. The van der Waals surface area contributed by atoms with E-state index in [2.05, 4.69) is 20.7 Å². The Morgan fingerprint density at radius 1 is 1.47 bits per heavy atom. The van der Waals surface area contributed by atoms with Crippen LogP contribution in [0.5, 0.6) is 0 Å². The van der Waals surface area contributed by atoms with E-state index in [0.717, 1.165) is 0 Å². The largest absolute Gasteiger partial charge is 0.329 e. The summed E-state index contributed by atoms with van der Waals surface area (Å²) in [7, 11) is -3.56. The van der Waals surface area contributed by atoms with Gasteiger partial charge in [-0.25, -0.2) is 12.8 Å². The molecule has 0 aliphatic rings. The zero-order chi connectivity index (χ0) is 11.5. The standard InChI is InChI=1S/C8H10BrFN2O2S/c9-6-1-2-7(10)8(5-6)12-15(13,14)4-3-11/h1-2,5,12H,3-4,11H2. The van der Waals surface area contributed by atoms with Crippen molar-refractivity contribution in [3.8, 4) is 0 Å². The third-order valence-electron chi connectivity index (χ3n) is 1.58. The van der Waals surface area contributed by atoms with Gasteiger partial charge in [-0.15, -0.1) is 0 Å². The summed E-state index contributed by atoms with van der Waals surface area (Å²) in [6, 6.07) is 4.00. The summed E-state index contributed by atoms with van der Waals surface area (Å²) in [6.07, 6.45) is 0. The number of rotatable bonds is 4. The average Bonchev–Trinajstić information content (AvgIpc) is 2.10. The zero-order valence-electron chi connectivity index (χ0n) is 7.70. The Morgan fingerprint density at radius 2 is 2.13 bits per heavy atom. The second-order valence-electron chi connectivity index (χ2n) is 2.83. The summed E-state index contributed by atoms with van der Waals surface area (Å²) in [5.41, 5.74) is 5.03. The maximum absolute atomic E-state index is 13.2. The fraction of sp³-hybridized carbons (Fsp3) is 0.250. The lowest BCUT2D eigenvalue weighted by atomic mass is 10.3. The van der Waals surface area contributed by atoms with Crippen LogP contribution < -0.4 is 10.5 Å². The number of nitrogens with two attached hydrogens (primary N) is 1. The minimum Gasteiger partial charge on any atom is -0.329 e. The summed E-state index contributed by atoms with van der Waals surface area (Å²) in [6.45, 7) is -0.00897. The van der Waals surface area contributed by atoms with Crippen LogP contribution in [-0.4, -0.2) is 20.7 Å². The fourth-order valence-electron chi connectivity index (χ4n) is 0.949. The molecule has 3 N–H and O–H groups in total. The molecule has 0 bridgehead atoms. The third kappa shape index (κ3) is 3.77. The van der Waals surface area contributed by atoms with Gasteiger partial charge in [0.05, 0.1) is 11.4 Å². The van der Waals surface area contributed by atoms with E-state index in [1.807, 2.05) is 0 Å². The van der Waals surface area contributed by atoms with Crippen LogP contribution in [0.15, 0.2) is 22.7 Å². The van der Waals surface area contributed by atoms with Crippen molar-refractivity contribution >= 4 is 31.6 Å². The van der Waals surface area contributed by atoms with E-state index < -0.39 is 15.8 Å². The number of sulfonamides is 1. The Balaban J connectivity index is 2.94. The van der Waals surface area contributed by atoms with Gasteiger partial charge in [-0.2, -0.15) is 0 Å².